The summed E-state index contributed by atoms with van der Waals surface area (Å²) in [6, 6.07) is 18.1. The van der Waals surface area contributed by atoms with Crippen LogP contribution in [0.3, 0.4) is 0 Å². The molecule has 0 spiro atoms. The highest BCUT2D eigenvalue weighted by Crippen LogP contribution is 2.38. The van der Waals surface area contributed by atoms with Crippen LogP contribution in [0.1, 0.15) is 35.5 Å². The molecule has 1 aliphatic rings. The number of para-hydroxylation sites is 2. The molecule has 1 fully saturated rings. The quantitative estimate of drug-likeness (QED) is 0.568. The first-order chi connectivity index (χ1) is 14.3. The van der Waals surface area contributed by atoms with Gasteiger partial charge < -0.3 is 14.4 Å². The fraction of sp³-hybridized carbons (Fsp3) is 0.273. The summed E-state index contributed by atoms with van der Waals surface area (Å²) >= 11 is 0. The van der Waals surface area contributed by atoms with Crippen molar-refractivity contribution >= 4 is 16.9 Å². The van der Waals surface area contributed by atoms with Gasteiger partial charge in [-0.25, -0.2) is 4.98 Å². The second-order valence-corrected chi connectivity index (χ2v) is 7.41. The lowest BCUT2D eigenvalue weighted by atomic mass is 9.88. The number of hydrogen-bond donors (Lipinski definition) is 1. The number of nitrogens with one attached hydrogen (secondary N) is 1. The molecular weight excluding hydrogens is 366 g/mol. The van der Waals surface area contributed by atoms with E-state index in [4.69, 9.17) is 4.52 Å². The molecule has 1 amide bonds. The zero-order valence-electron chi connectivity index (χ0n) is 15.9. The number of fused-ring (bicyclic) bond motifs is 1. The van der Waals surface area contributed by atoms with E-state index >= 15 is 0 Å². The van der Waals surface area contributed by atoms with Crippen molar-refractivity contribution in [3.8, 4) is 0 Å². The minimum absolute atomic E-state index is 0.0336. The summed E-state index contributed by atoms with van der Waals surface area (Å²) < 4.78 is 4.96. The number of hydrogen-bond acceptors (Lipinski definition) is 5. The SMILES string of the molecule is O=C(CCc1nc2ccccc2[nH]1)N1CC(c2ccccc2)C(c2ncon2)C1. The summed E-state index contributed by atoms with van der Waals surface area (Å²) in [5, 5.41) is 4.05. The van der Waals surface area contributed by atoms with Gasteiger partial charge in [0.2, 0.25) is 12.3 Å². The average molecular weight is 387 g/mol. The lowest BCUT2D eigenvalue weighted by Crippen LogP contribution is -2.29. The van der Waals surface area contributed by atoms with E-state index in [9.17, 15) is 4.79 Å². The first-order valence-electron chi connectivity index (χ1n) is 9.80. The molecule has 1 aliphatic heterocycles. The van der Waals surface area contributed by atoms with Gasteiger partial charge in [-0.2, -0.15) is 4.98 Å². The van der Waals surface area contributed by atoms with Crippen LogP contribution >= 0.6 is 0 Å². The average Bonchev–Trinajstić information content (AvgIpc) is 3.51. The maximum absolute atomic E-state index is 12.9. The molecular formula is C22H21N5O2. The minimum Gasteiger partial charge on any atom is -0.343 e. The first kappa shape index (κ1) is 17.6. The second-order valence-electron chi connectivity index (χ2n) is 7.41. The maximum Gasteiger partial charge on any atom is 0.223 e. The topological polar surface area (TPSA) is 87.9 Å². The van der Waals surface area contributed by atoms with Crippen molar-refractivity contribution in [2.75, 3.05) is 13.1 Å². The van der Waals surface area contributed by atoms with E-state index in [1.54, 1.807) is 0 Å². The maximum atomic E-state index is 12.9. The molecule has 0 radical (unpaired) electrons. The van der Waals surface area contributed by atoms with E-state index in [0.29, 0.717) is 31.8 Å². The van der Waals surface area contributed by atoms with Crippen LogP contribution in [0.2, 0.25) is 0 Å². The molecule has 2 atom stereocenters. The second kappa shape index (κ2) is 7.50. The number of amides is 1. The van der Waals surface area contributed by atoms with E-state index in [-0.39, 0.29) is 17.7 Å². The number of aryl methyl sites for hydroxylation is 1. The van der Waals surface area contributed by atoms with Crippen LogP contribution in [0.25, 0.3) is 11.0 Å². The Hall–Kier alpha value is -3.48. The van der Waals surface area contributed by atoms with Gasteiger partial charge in [-0.1, -0.05) is 47.6 Å². The molecule has 1 saturated heterocycles. The van der Waals surface area contributed by atoms with Crippen molar-refractivity contribution in [2.45, 2.75) is 24.7 Å². The van der Waals surface area contributed by atoms with Gasteiger partial charge in [0.05, 0.1) is 11.0 Å². The van der Waals surface area contributed by atoms with E-state index in [0.717, 1.165) is 16.9 Å². The number of H-pyrrole nitrogens is 1. The molecule has 7 nitrogen and oxygen atoms in total. The van der Waals surface area contributed by atoms with Gasteiger partial charge in [-0.3, -0.25) is 4.79 Å². The van der Waals surface area contributed by atoms with Gasteiger partial charge in [0.1, 0.15) is 5.82 Å². The molecule has 4 aromatic rings. The number of benzene rings is 2. The van der Waals surface area contributed by atoms with Crippen molar-refractivity contribution in [2.24, 2.45) is 0 Å². The number of aromatic nitrogens is 4. The molecule has 29 heavy (non-hydrogen) atoms. The van der Waals surface area contributed by atoms with Crippen LogP contribution in [-0.4, -0.2) is 44.0 Å². The molecule has 3 heterocycles. The Balaban J connectivity index is 1.30. The molecule has 2 unspecified atom stereocenters. The molecule has 0 bridgehead atoms. The summed E-state index contributed by atoms with van der Waals surface area (Å²) in [6.45, 7) is 1.25. The minimum atomic E-state index is 0.0336. The third-order valence-electron chi connectivity index (χ3n) is 5.62. The lowest BCUT2D eigenvalue weighted by molar-refractivity contribution is -0.130. The third kappa shape index (κ3) is 3.51. The summed E-state index contributed by atoms with van der Waals surface area (Å²) in [7, 11) is 0. The van der Waals surface area contributed by atoms with Crippen LogP contribution < -0.4 is 0 Å². The van der Waals surface area contributed by atoms with Crippen molar-refractivity contribution < 1.29 is 9.32 Å². The summed E-state index contributed by atoms with van der Waals surface area (Å²) in [4.78, 5) is 27.0. The number of aromatic amines is 1. The van der Waals surface area contributed by atoms with Crippen molar-refractivity contribution in [3.63, 3.8) is 0 Å². The monoisotopic (exact) mass is 387 g/mol. The van der Waals surface area contributed by atoms with Crippen LogP contribution in [0.5, 0.6) is 0 Å². The molecule has 0 aliphatic carbocycles. The zero-order chi connectivity index (χ0) is 19.6. The van der Waals surface area contributed by atoms with E-state index in [1.165, 1.54) is 12.0 Å². The standard InChI is InChI=1S/C22H21N5O2/c28-21(11-10-20-24-18-8-4-5-9-19(18)25-20)27-12-16(15-6-2-1-3-7-15)17(13-27)22-23-14-29-26-22/h1-9,14,16-17H,10-13H2,(H,24,25). The highest BCUT2D eigenvalue weighted by molar-refractivity contribution is 5.78. The Morgan fingerprint density at radius 2 is 1.86 bits per heavy atom. The van der Waals surface area contributed by atoms with E-state index in [2.05, 4.69) is 32.2 Å². The first-order valence-corrected chi connectivity index (χ1v) is 9.80. The fourth-order valence-corrected chi connectivity index (χ4v) is 4.16. The molecule has 7 heteroatoms. The molecule has 0 saturated carbocycles. The van der Waals surface area contributed by atoms with Crippen LogP contribution in [-0.2, 0) is 11.2 Å². The highest BCUT2D eigenvalue weighted by Gasteiger charge is 2.39. The summed E-state index contributed by atoms with van der Waals surface area (Å²) in [5.41, 5.74) is 3.12. The van der Waals surface area contributed by atoms with E-state index in [1.807, 2.05) is 47.4 Å². The van der Waals surface area contributed by atoms with Gasteiger partial charge in [-0.05, 0) is 17.7 Å². The molecule has 146 valence electrons. The van der Waals surface area contributed by atoms with Gasteiger partial charge in [0.25, 0.3) is 0 Å². The zero-order valence-corrected chi connectivity index (χ0v) is 15.9. The molecule has 2 aromatic carbocycles. The van der Waals surface area contributed by atoms with Gasteiger partial charge in [0, 0.05) is 37.8 Å². The Kier molecular flexibility index (Phi) is 4.56. The Labute approximate surface area is 167 Å². The molecule has 1 N–H and O–H groups in total. The number of likely N-dealkylation sites (tertiary alicyclic amines) is 1. The number of imidazole rings is 1. The van der Waals surface area contributed by atoms with Crippen LogP contribution in [0.4, 0.5) is 0 Å². The van der Waals surface area contributed by atoms with Crippen molar-refractivity contribution in [1.82, 2.24) is 25.0 Å². The Morgan fingerprint density at radius 1 is 1.07 bits per heavy atom. The largest absolute Gasteiger partial charge is 0.343 e. The number of rotatable bonds is 5. The van der Waals surface area contributed by atoms with E-state index < -0.39 is 0 Å². The van der Waals surface area contributed by atoms with Crippen LogP contribution in [0, 0.1) is 0 Å². The third-order valence-corrected chi connectivity index (χ3v) is 5.62. The number of carbonyl (C=O) groups excluding carboxylic acids is 1. The van der Waals surface area contributed by atoms with Gasteiger partial charge in [0.15, 0.2) is 5.82 Å². The number of nitrogens with zero attached hydrogens (tertiary/aromatic N) is 4. The fourth-order valence-electron chi connectivity index (χ4n) is 4.16. The molecule has 2 aromatic heterocycles. The van der Waals surface area contributed by atoms with Crippen molar-refractivity contribution in [1.29, 1.82) is 0 Å². The van der Waals surface area contributed by atoms with Crippen molar-refractivity contribution in [3.05, 3.63) is 78.2 Å². The number of carbonyl (C=O) groups is 1. The summed E-state index contributed by atoms with van der Waals surface area (Å²) in [6.07, 6.45) is 2.36. The van der Waals surface area contributed by atoms with Gasteiger partial charge in [-0.15, -0.1) is 0 Å². The summed E-state index contributed by atoms with van der Waals surface area (Å²) in [5.74, 6) is 1.81. The van der Waals surface area contributed by atoms with Gasteiger partial charge >= 0.3 is 0 Å². The Morgan fingerprint density at radius 3 is 2.66 bits per heavy atom. The highest BCUT2D eigenvalue weighted by atomic mass is 16.5. The smallest absolute Gasteiger partial charge is 0.223 e. The lowest BCUT2D eigenvalue weighted by Gasteiger charge is -2.16. The normalized spacial score (nSPS) is 19.1. The predicted octanol–water partition coefficient (Wildman–Crippen LogP) is 3.29. The Bertz CT molecular complexity index is 1070. The molecule has 5 rings (SSSR count). The van der Waals surface area contributed by atoms with Crippen LogP contribution in [0.15, 0.2) is 65.5 Å². The predicted molar refractivity (Wildman–Crippen MR) is 107 cm³/mol.